The van der Waals surface area contributed by atoms with Crippen molar-refractivity contribution in [3.8, 4) is 5.75 Å². The molecule has 1 aliphatic heterocycles. The van der Waals surface area contributed by atoms with E-state index < -0.39 is 10.0 Å². The zero-order valence-corrected chi connectivity index (χ0v) is 15.4. The van der Waals surface area contributed by atoms with Crippen molar-refractivity contribution in [1.82, 2.24) is 9.62 Å². The first-order valence-corrected chi connectivity index (χ1v) is 9.97. The Morgan fingerprint density at radius 1 is 1.08 bits per heavy atom. The van der Waals surface area contributed by atoms with Gasteiger partial charge >= 0.3 is 0 Å². The number of phenolic OH excluding ortho intramolecular Hbond substituents is 1. The van der Waals surface area contributed by atoms with Gasteiger partial charge in [0.05, 0.1) is 10.5 Å². The molecule has 1 fully saturated rings. The standard InChI is InChI=1S/C19H22N2O4S/c1-14-6-8-16(9-7-14)26(24,25)21-12-10-15(11-13-21)20-19(23)17-4-2-3-5-18(17)22/h2-9,15,22H,10-13H2,1H3,(H,20,23). The average Bonchev–Trinajstić information content (AvgIpc) is 2.63. The molecule has 0 aliphatic carbocycles. The van der Waals surface area contributed by atoms with Crippen LogP contribution in [0.1, 0.15) is 28.8 Å². The van der Waals surface area contributed by atoms with Crippen LogP contribution in [-0.4, -0.2) is 42.9 Å². The van der Waals surface area contributed by atoms with Gasteiger partial charge in [-0.15, -0.1) is 0 Å². The molecule has 6 nitrogen and oxygen atoms in total. The molecule has 2 N–H and O–H groups in total. The number of phenols is 1. The summed E-state index contributed by atoms with van der Waals surface area (Å²) in [4.78, 5) is 12.6. The van der Waals surface area contributed by atoms with E-state index in [4.69, 9.17) is 0 Å². The first-order valence-electron chi connectivity index (χ1n) is 8.53. The molecule has 3 rings (SSSR count). The minimum atomic E-state index is -3.51. The highest BCUT2D eigenvalue weighted by molar-refractivity contribution is 7.89. The second kappa shape index (κ2) is 7.47. The molecule has 0 saturated carbocycles. The molecule has 1 aliphatic rings. The summed E-state index contributed by atoms with van der Waals surface area (Å²) in [7, 11) is -3.51. The molecule has 0 radical (unpaired) electrons. The molecule has 0 unspecified atom stereocenters. The smallest absolute Gasteiger partial charge is 0.255 e. The number of amides is 1. The van der Waals surface area contributed by atoms with Gasteiger partial charge in [0.1, 0.15) is 5.75 Å². The second-order valence-corrected chi connectivity index (χ2v) is 8.42. The second-order valence-electron chi connectivity index (χ2n) is 6.48. The lowest BCUT2D eigenvalue weighted by Gasteiger charge is -2.31. The van der Waals surface area contributed by atoms with E-state index in [1.165, 1.54) is 10.4 Å². The van der Waals surface area contributed by atoms with Crippen molar-refractivity contribution in [3.63, 3.8) is 0 Å². The molecule has 0 spiro atoms. The number of piperidine rings is 1. The number of sulfonamides is 1. The SMILES string of the molecule is Cc1ccc(S(=O)(=O)N2CCC(NC(=O)c3ccccc3O)CC2)cc1. The van der Waals surface area contributed by atoms with Gasteiger partial charge in [-0.3, -0.25) is 4.79 Å². The number of hydrogen-bond donors (Lipinski definition) is 2. The number of para-hydroxylation sites is 1. The Bertz CT molecular complexity index is 886. The van der Waals surface area contributed by atoms with E-state index in [-0.39, 0.29) is 23.3 Å². The molecule has 7 heteroatoms. The van der Waals surface area contributed by atoms with E-state index in [0.29, 0.717) is 30.8 Å². The number of aromatic hydroxyl groups is 1. The summed E-state index contributed by atoms with van der Waals surface area (Å²) in [6.45, 7) is 2.61. The van der Waals surface area contributed by atoms with Crippen LogP contribution in [0.4, 0.5) is 0 Å². The third kappa shape index (κ3) is 3.89. The number of benzene rings is 2. The predicted octanol–water partition coefficient (Wildman–Crippen LogP) is 2.28. The van der Waals surface area contributed by atoms with Crippen LogP contribution >= 0.6 is 0 Å². The summed E-state index contributed by atoms with van der Waals surface area (Å²) < 4.78 is 26.9. The van der Waals surface area contributed by atoms with Crippen molar-refractivity contribution in [3.05, 3.63) is 59.7 Å². The highest BCUT2D eigenvalue weighted by Gasteiger charge is 2.30. The minimum Gasteiger partial charge on any atom is -0.507 e. The summed E-state index contributed by atoms with van der Waals surface area (Å²) in [5.74, 6) is -0.410. The van der Waals surface area contributed by atoms with Crippen LogP contribution in [-0.2, 0) is 10.0 Å². The molecule has 1 saturated heterocycles. The van der Waals surface area contributed by atoms with Gasteiger partial charge in [0.15, 0.2) is 0 Å². The lowest BCUT2D eigenvalue weighted by Crippen LogP contribution is -2.46. The lowest BCUT2D eigenvalue weighted by molar-refractivity contribution is 0.0921. The fourth-order valence-electron chi connectivity index (χ4n) is 3.03. The van der Waals surface area contributed by atoms with Crippen LogP contribution < -0.4 is 5.32 Å². The minimum absolute atomic E-state index is 0.0654. The monoisotopic (exact) mass is 374 g/mol. The highest BCUT2D eigenvalue weighted by Crippen LogP contribution is 2.22. The van der Waals surface area contributed by atoms with Crippen LogP contribution in [0, 0.1) is 6.92 Å². The Kier molecular flexibility index (Phi) is 5.29. The van der Waals surface area contributed by atoms with Gasteiger partial charge in [0, 0.05) is 19.1 Å². The molecule has 1 amide bonds. The van der Waals surface area contributed by atoms with Crippen LogP contribution in [0.2, 0.25) is 0 Å². The number of carbonyl (C=O) groups excluding carboxylic acids is 1. The van der Waals surface area contributed by atoms with Crippen LogP contribution in [0.25, 0.3) is 0 Å². The van der Waals surface area contributed by atoms with Crippen LogP contribution in [0.3, 0.4) is 0 Å². The molecule has 0 bridgehead atoms. The van der Waals surface area contributed by atoms with Gasteiger partial charge in [-0.25, -0.2) is 8.42 Å². The molecule has 0 atom stereocenters. The molecule has 0 aromatic heterocycles. The largest absolute Gasteiger partial charge is 0.507 e. The Morgan fingerprint density at radius 3 is 2.31 bits per heavy atom. The molecule has 2 aromatic carbocycles. The third-order valence-electron chi connectivity index (χ3n) is 4.60. The average molecular weight is 374 g/mol. The molecular formula is C19H22N2O4S. The quantitative estimate of drug-likeness (QED) is 0.860. The van der Waals surface area contributed by atoms with Crippen LogP contribution in [0.15, 0.2) is 53.4 Å². The summed E-state index contributed by atoms with van der Waals surface area (Å²) in [5, 5.41) is 12.6. The number of nitrogens with one attached hydrogen (secondary N) is 1. The Morgan fingerprint density at radius 2 is 1.69 bits per heavy atom. The van der Waals surface area contributed by atoms with Gasteiger partial charge in [0.2, 0.25) is 10.0 Å². The first kappa shape index (κ1) is 18.4. The number of carbonyl (C=O) groups is 1. The van der Waals surface area contributed by atoms with E-state index in [1.807, 2.05) is 6.92 Å². The first-order chi connectivity index (χ1) is 12.4. The van der Waals surface area contributed by atoms with Gasteiger partial charge in [-0.1, -0.05) is 29.8 Å². The van der Waals surface area contributed by atoms with E-state index in [1.54, 1.807) is 42.5 Å². The maximum absolute atomic E-state index is 12.7. The Labute approximate surface area is 153 Å². The number of aryl methyl sites for hydroxylation is 1. The zero-order chi connectivity index (χ0) is 18.7. The summed E-state index contributed by atoms with van der Waals surface area (Å²) >= 11 is 0. The topological polar surface area (TPSA) is 86.7 Å². The predicted molar refractivity (Wildman–Crippen MR) is 98.5 cm³/mol. The van der Waals surface area contributed by atoms with Crippen LogP contribution in [0.5, 0.6) is 5.75 Å². The van der Waals surface area contributed by atoms with Gasteiger partial charge in [-0.05, 0) is 44.0 Å². The van der Waals surface area contributed by atoms with Gasteiger partial charge in [-0.2, -0.15) is 4.31 Å². The molecular weight excluding hydrogens is 352 g/mol. The maximum atomic E-state index is 12.7. The third-order valence-corrected chi connectivity index (χ3v) is 6.51. The van der Waals surface area contributed by atoms with Gasteiger partial charge in [0.25, 0.3) is 5.91 Å². The molecule has 1 heterocycles. The normalized spacial score (nSPS) is 16.3. The summed E-state index contributed by atoms with van der Waals surface area (Å²) in [5.41, 5.74) is 1.23. The Hall–Kier alpha value is -2.38. The van der Waals surface area contributed by atoms with Gasteiger partial charge < -0.3 is 10.4 Å². The molecule has 138 valence electrons. The number of rotatable bonds is 4. The highest BCUT2D eigenvalue weighted by atomic mass is 32.2. The summed E-state index contributed by atoms with van der Waals surface area (Å²) in [6, 6.07) is 13.1. The fraction of sp³-hybridized carbons (Fsp3) is 0.316. The van der Waals surface area contributed by atoms with Crippen molar-refractivity contribution in [2.45, 2.75) is 30.7 Å². The number of nitrogens with zero attached hydrogens (tertiary/aromatic N) is 1. The fourth-order valence-corrected chi connectivity index (χ4v) is 4.50. The van der Waals surface area contributed by atoms with Crippen molar-refractivity contribution in [2.24, 2.45) is 0 Å². The summed E-state index contributed by atoms with van der Waals surface area (Å²) in [6.07, 6.45) is 1.06. The van der Waals surface area contributed by atoms with Crippen molar-refractivity contribution in [2.75, 3.05) is 13.1 Å². The Balaban J connectivity index is 1.61. The molecule has 26 heavy (non-hydrogen) atoms. The van der Waals surface area contributed by atoms with Crippen molar-refractivity contribution >= 4 is 15.9 Å². The van der Waals surface area contributed by atoms with E-state index in [2.05, 4.69) is 5.32 Å². The number of hydrogen-bond acceptors (Lipinski definition) is 4. The van der Waals surface area contributed by atoms with Crippen molar-refractivity contribution in [1.29, 1.82) is 0 Å². The molecule has 2 aromatic rings. The zero-order valence-electron chi connectivity index (χ0n) is 14.6. The van der Waals surface area contributed by atoms with Crippen molar-refractivity contribution < 1.29 is 18.3 Å². The van der Waals surface area contributed by atoms with E-state index in [9.17, 15) is 18.3 Å². The lowest BCUT2D eigenvalue weighted by atomic mass is 10.1. The van der Waals surface area contributed by atoms with E-state index >= 15 is 0 Å². The maximum Gasteiger partial charge on any atom is 0.255 e. The van der Waals surface area contributed by atoms with E-state index in [0.717, 1.165) is 5.56 Å².